The second-order valence-corrected chi connectivity index (χ2v) is 9.01. The van der Waals surface area contributed by atoms with E-state index in [2.05, 4.69) is 0 Å². The lowest BCUT2D eigenvalue weighted by Gasteiger charge is -2.19. The molecule has 0 saturated carbocycles. The fourth-order valence-electron chi connectivity index (χ4n) is 5.34. The van der Waals surface area contributed by atoms with Crippen LogP contribution < -0.4 is 0 Å². The van der Waals surface area contributed by atoms with Gasteiger partial charge in [-0.15, -0.1) is 0 Å². The van der Waals surface area contributed by atoms with Gasteiger partial charge in [0.15, 0.2) is 0 Å². The van der Waals surface area contributed by atoms with Crippen LogP contribution in [0.2, 0.25) is 0 Å². The molecule has 2 heteroatoms. The van der Waals surface area contributed by atoms with Crippen LogP contribution in [0.5, 0.6) is 0 Å². The number of nitrogens with zero attached hydrogens (tertiary/aromatic N) is 2. The van der Waals surface area contributed by atoms with Crippen LogP contribution in [0.3, 0.4) is 0 Å². The molecule has 0 N–H and O–H groups in total. The third-order valence-electron chi connectivity index (χ3n) is 6.93. The van der Waals surface area contributed by atoms with E-state index >= 15 is 0 Å². The smallest absolute Gasteiger partial charge is 0.146 e. The van der Waals surface area contributed by atoms with E-state index in [1.165, 1.54) is 4.57 Å². The van der Waals surface area contributed by atoms with E-state index in [0.29, 0.717) is 16.5 Å². The molecule has 0 aliphatic carbocycles. The third-order valence-corrected chi connectivity index (χ3v) is 6.93. The number of aromatic nitrogens is 2. The van der Waals surface area contributed by atoms with Crippen molar-refractivity contribution in [2.45, 2.75) is 0 Å². The Morgan fingerprint density at radius 2 is 1.10 bits per heavy atom. The van der Waals surface area contributed by atoms with Crippen LogP contribution in [-0.2, 0) is 0 Å². The van der Waals surface area contributed by atoms with Crippen LogP contribution in [0.4, 0.5) is 0 Å². The average Bonchev–Trinajstić information content (AvgIpc) is 3.53. The first-order valence-corrected chi connectivity index (χ1v) is 12.3. The number of benzene rings is 7. The molecule has 8 aromatic rings. The fourth-order valence-corrected chi connectivity index (χ4v) is 5.34. The molecule has 1 heterocycles. The van der Waals surface area contributed by atoms with Gasteiger partial charge < -0.3 is 0 Å². The Labute approximate surface area is 244 Å². The van der Waals surface area contributed by atoms with E-state index in [1.54, 1.807) is 42.5 Å². The molecule has 0 aliphatic heterocycles. The van der Waals surface area contributed by atoms with Crippen LogP contribution in [0.25, 0.3) is 71.6 Å². The SMILES string of the molecule is [2H]c1c([2H])c([2H])c(-n2c(-c3c4c([2H])c([2H])c([2H])c([2H])c4c(-c4cccc5ccccc45)c4c([2H])c([2H])c([2H])c([2H])c34)nc3ccccc32)c([2H])c1[2H]. The van der Waals surface area contributed by atoms with Crippen LogP contribution in [0, 0.1) is 0 Å². The number of para-hydroxylation sites is 3. The summed E-state index contributed by atoms with van der Waals surface area (Å²) in [5.74, 6) is -0.144. The Hall–Kier alpha value is -5.21. The highest BCUT2D eigenvalue weighted by Crippen LogP contribution is 2.45. The Balaban J connectivity index is 1.74. The maximum Gasteiger partial charge on any atom is 0.146 e. The van der Waals surface area contributed by atoms with Crippen LogP contribution in [0.1, 0.15) is 17.8 Å². The normalized spacial score (nSPS) is 16.3. The van der Waals surface area contributed by atoms with Crippen molar-refractivity contribution in [3.8, 4) is 28.2 Å². The summed E-state index contributed by atoms with van der Waals surface area (Å²) in [6, 6.07) is 12.0. The van der Waals surface area contributed by atoms with Gasteiger partial charge in [0, 0.05) is 11.3 Å². The van der Waals surface area contributed by atoms with Gasteiger partial charge in [-0.2, -0.15) is 0 Å². The Morgan fingerprint density at radius 1 is 0.513 bits per heavy atom. The first-order valence-electron chi connectivity index (χ1n) is 18.8. The highest BCUT2D eigenvalue weighted by molar-refractivity contribution is 6.23. The minimum absolute atomic E-state index is 0.0328. The zero-order valence-electron chi connectivity index (χ0n) is 33.2. The lowest BCUT2D eigenvalue weighted by molar-refractivity contribution is 1.11. The molecule has 7 aromatic carbocycles. The molecule has 0 aliphatic rings. The minimum atomic E-state index is -0.622. The topological polar surface area (TPSA) is 17.8 Å². The van der Waals surface area contributed by atoms with Gasteiger partial charge in [0.2, 0.25) is 0 Å². The summed E-state index contributed by atoms with van der Waals surface area (Å²) < 4.78 is 117. The number of hydrogen-bond acceptors (Lipinski definition) is 1. The van der Waals surface area contributed by atoms with Crippen molar-refractivity contribution in [3.05, 3.63) is 145 Å². The number of imidazole rings is 1. The first kappa shape index (κ1) is 12.6. The van der Waals surface area contributed by atoms with Gasteiger partial charge in [-0.05, 0) is 67.7 Å². The molecule has 0 bridgehead atoms. The highest BCUT2D eigenvalue weighted by atomic mass is 15.1. The van der Waals surface area contributed by atoms with Crippen molar-refractivity contribution in [3.63, 3.8) is 0 Å². The van der Waals surface area contributed by atoms with Gasteiger partial charge in [0.1, 0.15) is 5.82 Å². The van der Waals surface area contributed by atoms with Crippen LogP contribution in [0.15, 0.2) is 145 Å². The number of rotatable bonds is 3. The molecule has 0 saturated heterocycles. The number of fused-ring (bicyclic) bond motifs is 4. The van der Waals surface area contributed by atoms with E-state index in [-0.39, 0.29) is 49.7 Å². The van der Waals surface area contributed by atoms with E-state index in [1.807, 2.05) is 24.3 Å². The van der Waals surface area contributed by atoms with Gasteiger partial charge in [-0.25, -0.2) is 4.98 Å². The minimum Gasteiger partial charge on any atom is -0.292 e. The summed E-state index contributed by atoms with van der Waals surface area (Å²) in [6.45, 7) is 0. The average molecular weight is 510 g/mol. The van der Waals surface area contributed by atoms with Crippen LogP contribution in [-0.4, -0.2) is 9.55 Å². The van der Waals surface area contributed by atoms with Crippen molar-refractivity contribution in [1.29, 1.82) is 0 Å². The predicted octanol–water partition coefficient (Wildman–Crippen LogP) is 9.82. The van der Waals surface area contributed by atoms with E-state index in [0.717, 1.165) is 5.39 Å². The molecule has 0 radical (unpaired) electrons. The third kappa shape index (κ3) is 3.32. The largest absolute Gasteiger partial charge is 0.292 e. The standard InChI is InChI=1S/C37H24N2/c1-2-15-26(16-3-1)39-34-24-11-10-23-33(34)38-37(39)36-31-20-8-6-18-29(31)35(30-19-7-9-21-32(30)36)28-22-12-14-25-13-4-5-17-27(25)28/h1-24H/i1D,2D,3D,6D,7D,8D,9D,15D,16D,18D,19D,20D,21D. The summed E-state index contributed by atoms with van der Waals surface area (Å²) in [5.41, 5.74) is 0.804. The maximum absolute atomic E-state index is 9.35. The summed E-state index contributed by atoms with van der Waals surface area (Å²) in [4.78, 5) is 4.84. The van der Waals surface area contributed by atoms with E-state index in [9.17, 15) is 5.48 Å². The van der Waals surface area contributed by atoms with Crippen molar-refractivity contribution in [2.75, 3.05) is 0 Å². The van der Waals surface area contributed by atoms with Crippen molar-refractivity contribution in [1.82, 2.24) is 9.55 Å². The molecule has 0 spiro atoms. The van der Waals surface area contributed by atoms with Crippen molar-refractivity contribution in [2.24, 2.45) is 0 Å². The predicted molar refractivity (Wildman–Crippen MR) is 164 cm³/mol. The van der Waals surface area contributed by atoms with Gasteiger partial charge in [-0.1, -0.05) is 121 Å². The molecule has 0 amide bonds. The molecule has 8 rings (SSSR count). The van der Waals surface area contributed by atoms with Gasteiger partial charge >= 0.3 is 0 Å². The second-order valence-electron chi connectivity index (χ2n) is 9.01. The molecular weight excluding hydrogens is 472 g/mol. The Kier molecular flexibility index (Phi) is 2.79. The molecule has 0 fully saturated rings. The lowest BCUT2D eigenvalue weighted by atomic mass is 9.86. The lowest BCUT2D eigenvalue weighted by Crippen LogP contribution is -1.99. The van der Waals surface area contributed by atoms with Gasteiger partial charge in [0.25, 0.3) is 0 Å². The van der Waals surface area contributed by atoms with Crippen molar-refractivity contribution >= 4 is 43.4 Å². The van der Waals surface area contributed by atoms with Gasteiger partial charge in [-0.3, -0.25) is 4.57 Å². The summed E-state index contributed by atoms with van der Waals surface area (Å²) in [5, 5.41) is 1.16. The molecule has 182 valence electrons. The van der Waals surface area contributed by atoms with E-state index < -0.39 is 78.6 Å². The maximum atomic E-state index is 9.35. The summed E-state index contributed by atoms with van der Waals surface area (Å²) in [6.07, 6.45) is 0. The zero-order valence-corrected chi connectivity index (χ0v) is 20.2. The summed E-state index contributed by atoms with van der Waals surface area (Å²) >= 11 is 0. The quantitative estimate of drug-likeness (QED) is 0.217. The van der Waals surface area contributed by atoms with E-state index in [4.69, 9.17) is 17.3 Å². The second kappa shape index (κ2) is 8.68. The molecule has 39 heavy (non-hydrogen) atoms. The zero-order chi connectivity index (χ0) is 37.1. The molecule has 0 atom stereocenters. The van der Waals surface area contributed by atoms with Crippen LogP contribution >= 0.6 is 0 Å². The molecule has 0 unspecified atom stereocenters. The summed E-state index contributed by atoms with van der Waals surface area (Å²) in [7, 11) is 0. The van der Waals surface area contributed by atoms with Crippen molar-refractivity contribution < 1.29 is 17.8 Å². The molecule has 1 aromatic heterocycles. The fraction of sp³-hybridized carbons (Fsp3) is 0. The number of hydrogen-bond donors (Lipinski definition) is 0. The monoisotopic (exact) mass is 509 g/mol. The van der Waals surface area contributed by atoms with Gasteiger partial charge in [0.05, 0.1) is 28.9 Å². The Morgan fingerprint density at radius 3 is 1.85 bits per heavy atom. The molecule has 2 nitrogen and oxygen atoms in total. The molecular formula is C37H24N2. The Bertz CT molecular complexity index is 2780. The highest BCUT2D eigenvalue weighted by Gasteiger charge is 2.22. The first-order chi connectivity index (χ1) is 24.8.